The summed E-state index contributed by atoms with van der Waals surface area (Å²) in [6.07, 6.45) is 4.17. The van der Waals surface area contributed by atoms with Gasteiger partial charge in [-0.1, -0.05) is 28.4 Å². The van der Waals surface area contributed by atoms with Crippen molar-refractivity contribution in [2.45, 2.75) is 32.6 Å². The fourth-order valence-electron chi connectivity index (χ4n) is 2.20. The molecule has 1 aliphatic carbocycles. The summed E-state index contributed by atoms with van der Waals surface area (Å²) in [5, 5.41) is 5.89. The van der Waals surface area contributed by atoms with Gasteiger partial charge < -0.3 is 16.4 Å². The molecule has 1 amide bonds. The van der Waals surface area contributed by atoms with Crippen LogP contribution in [0.25, 0.3) is 0 Å². The van der Waals surface area contributed by atoms with E-state index in [0.29, 0.717) is 24.8 Å². The highest BCUT2D eigenvalue weighted by Gasteiger charge is 2.16. The Hall–Kier alpha value is -0.830. The second-order valence-electron chi connectivity index (χ2n) is 5.71. The highest BCUT2D eigenvalue weighted by Crippen LogP contribution is 2.26. The molecule has 1 fully saturated rings. The number of aliphatic imine (C=N–C) groups is 1. The van der Waals surface area contributed by atoms with Crippen LogP contribution in [0.4, 0.5) is 5.69 Å². The first-order valence-electron chi connectivity index (χ1n) is 7.64. The minimum atomic E-state index is -0.0412. The number of nitrogens with two attached hydrogens (primary N) is 1. The number of guanidine groups is 1. The number of halogens is 2. The van der Waals surface area contributed by atoms with Gasteiger partial charge in [0.25, 0.3) is 0 Å². The van der Waals surface area contributed by atoms with E-state index in [1.165, 1.54) is 19.3 Å². The molecule has 2 rings (SSSR count). The SMILES string of the molecule is Cc1ccc(Br)cc1NC(=O)CCNC(N)=NCC1CCC1.I. The van der Waals surface area contributed by atoms with Gasteiger partial charge in [0.15, 0.2) is 5.96 Å². The third kappa shape index (κ3) is 7.07. The second-order valence-corrected chi connectivity index (χ2v) is 6.62. The normalized spacial score (nSPS) is 14.6. The summed E-state index contributed by atoms with van der Waals surface area (Å²) >= 11 is 3.40. The number of amides is 1. The molecular weight excluding hydrogens is 471 g/mol. The maximum Gasteiger partial charge on any atom is 0.226 e. The average molecular weight is 495 g/mol. The van der Waals surface area contributed by atoms with E-state index >= 15 is 0 Å². The van der Waals surface area contributed by atoms with Crippen LogP contribution in [-0.2, 0) is 4.79 Å². The van der Waals surface area contributed by atoms with Gasteiger partial charge in [-0.05, 0) is 43.4 Å². The summed E-state index contributed by atoms with van der Waals surface area (Å²) in [5.41, 5.74) is 7.64. The Morgan fingerprint density at radius 3 is 2.83 bits per heavy atom. The van der Waals surface area contributed by atoms with Crippen LogP contribution in [-0.4, -0.2) is 25.0 Å². The molecule has 0 bridgehead atoms. The summed E-state index contributed by atoms with van der Waals surface area (Å²) in [6.45, 7) is 3.24. The summed E-state index contributed by atoms with van der Waals surface area (Å²) < 4.78 is 0.943. The van der Waals surface area contributed by atoms with Crippen molar-refractivity contribution in [2.24, 2.45) is 16.6 Å². The van der Waals surface area contributed by atoms with Gasteiger partial charge in [-0.3, -0.25) is 9.79 Å². The van der Waals surface area contributed by atoms with Crippen LogP contribution < -0.4 is 16.4 Å². The van der Waals surface area contributed by atoms with E-state index in [0.717, 1.165) is 22.3 Å². The van der Waals surface area contributed by atoms with Crippen molar-refractivity contribution in [3.8, 4) is 0 Å². The van der Waals surface area contributed by atoms with E-state index in [1.807, 2.05) is 25.1 Å². The topological polar surface area (TPSA) is 79.5 Å². The lowest BCUT2D eigenvalue weighted by Gasteiger charge is -2.23. The van der Waals surface area contributed by atoms with Crippen LogP contribution in [0.1, 0.15) is 31.2 Å². The number of benzene rings is 1. The van der Waals surface area contributed by atoms with Crippen LogP contribution in [0.5, 0.6) is 0 Å². The molecule has 128 valence electrons. The highest BCUT2D eigenvalue weighted by molar-refractivity contribution is 14.0. The molecule has 0 atom stereocenters. The van der Waals surface area contributed by atoms with E-state index in [1.54, 1.807) is 0 Å². The predicted octanol–water partition coefficient (Wildman–Crippen LogP) is 3.41. The van der Waals surface area contributed by atoms with E-state index in [9.17, 15) is 4.79 Å². The number of anilines is 1. The van der Waals surface area contributed by atoms with Crippen molar-refractivity contribution in [2.75, 3.05) is 18.4 Å². The fraction of sp³-hybridized carbons (Fsp3) is 0.500. The van der Waals surface area contributed by atoms with E-state index < -0.39 is 0 Å². The lowest BCUT2D eigenvalue weighted by atomic mass is 9.86. The average Bonchev–Trinajstić information content (AvgIpc) is 2.41. The number of nitrogens with zero attached hydrogens (tertiary/aromatic N) is 1. The molecule has 0 unspecified atom stereocenters. The van der Waals surface area contributed by atoms with Gasteiger partial charge in [0.05, 0.1) is 0 Å². The van der Waals surface area contributed by atoms with Crippen LogP contribution >= 0.6 is 39.9 Å². The number of hydrogen-bond donors (Lipinski definition) is 3. The van der Waals surface area contributed by atoms with Crippen LogP contribution in [0.15, 0.2) is 27.7 Å². The Bertz CT molecular complexity index is 561. The van der Waals surface area contributed by atoms with Gasteiger partial charge >= 0.3 is 0 Å². The first kappa shape index (κ1) is 20.2. The molecule has 0 aliphatic heterocycles. The van der Waals surface area contributed by atoms with E-state index in [2.05, 4.69) is 31.6 Å². The first-order valence-corrected chi connectivity index (χ1v) is 8.43. The summed E-state index contributed by atoms with van der Waals surface area (Å²) in [6, 6.07) is 5.81. The zero-order valence-corrected chi connectivity index (χ0v) is 17.2. The minimum absolute atomic E-state index is 0. The molecule has 5 nitrogen and oxygen atoms in total. The van der Waals surface area contributed by atoms with Crippen LogP contribution in [0, 0.1) is 12.8 Å². The second kappa shape index (κ2) is 10.1. The van der Waals surface area contributed by atoms with Crippen molar-refractivity contribution < 1.29 is 4.79 Å². The predicted molar refractivity (Wildman–Crippen MR) is 109 cm³/mol. The molecule has 0 aromatic heterocycles. The van der Waals surface area contributed by atoms with Gasteiger partial charge in [0.2, 0.25) is 5.91 Å². The molecule has 4 N–H and O–H groups in total. The Morgan fingerprint density at radius 2 is 2.17 bits per heavy atom. The summed E-state index contributed by atoms with van der Waals surface area (Å²) in [4.78, 5) is 16.2. The lowest BCUT2D eigenvalue weighted by Crippen LogP contribution is -2.34. The van der Waals surface area contributed by atoms with Gasteiger partial charge in [-0.25, -0.2) is 0 Å². The van der Waals surface area contributed by atoms with Crippen molar-refractivity contribution in [3.63, 3.8) is 0 Å². The molecule has 0 saturated heterocycles. The molecular formula is C16H24BrIN4O. The highest BCUT2D eigenvalue weighted by atomic mass is 127. The van der Waals surface area contributed by atoms with Crippen molar-refractivity contribution in [1.29, 1.82) is 0 Å². The quantitative estimate of drug-likeness (QED) is 0.322. The number of aryl methyl sites for hydroxylation is 1. The smallest absolute Gasteiger partial charge is 0.226 e. The number of carbonyl (C=O) groups excluding carboxylic acids is 1. The molecule has 0 spiro atoms. The zero-order valence-electron chi connectivity index (χ0n) is 13.3. The largest absolute Gasteiger partial charge is 0.370 e. The lowest BCUT2D eigenvalue weighted by molar-refractivity contribution is -0.116. The molecule has 0 radical (unpaired) electrons. The van der Waals surface area contributed by atoms with Crippen molar-refractivity contribution in [3.05, 3.63) is 28.2 Å². The minimum Gasteiger partial charge on any atom is -0.370 e. The van der Waals surface area contributed by atoms with Crippen molar-refractivity contribution in [1.82, 2.24) is 5.32 Å². The maximum absolute atomic E-state index is 11.9. The standard InChI is InChI=1S/C16H23BrN4O.HI/c1-11-5-6-13(17)9-14(11)21-15(22)7-8-19-16(18)20-10-12-3-2-4-12;/h5-6,9,12H,2-4,7-8,10H2,1H3,(H,21,22)(H3,18,19,20);1H. The van der Waals surface area contributed by atoms with Gasteiger partial charge in [0.1, 0.15) is 0 Å². The molecule has 0 heterocycles. The third-order valence-corrected chi connectivity index (χ3v) is 4.37. The Balaban J connectivity index is 0.00000264. The molecule has 1 aromatic rings. The Kier molecular flexibility index (Phi) is 8.90. The fourth-order valence-corrected chi connectivity index (χ4v) is 2.57. The number of hydrogen-bond acceptors (Lipinski definition) is 2. The van der Waals surface area contributed by atoms with Gasteiger partial charge in [-0.2, -0.15) is 0 Å². The molecule has 7 heteroatoms. The monoisotopic (exact) mass is 494 g/mol. The number of nitrogens with one attached hydrogen (secondary N) is 2. The zero-order chi connectivity index (χ0) is 15.9. The Labute approximate surface area is 163 Å². The molecule has 1 aliphatic rings. The van der Waals surface area contributed by atoms with Crippen molar-refractivity contribution >= 4 is 57.5 Å². The maximum atomic E-state index is 11.9. The van der Waals surface area contributed by atoms with Crippen LogP contribution in [0.2, 0.25) is 0 Å². The van der Waals surface area contributed by atoms with E-state index in [4.69, 9.17) is 5.73 Å². The van der Waals surface area contributed by atoms with E-state index in [-0.39, 0.29) is 29.9 Å². The molecule has 1 saturated carbocycles. The number of rotatable bonds is 6. The summed E-state index contributed by atoms with van der Waals surface area (Å²) in [5.74, 6) is 1.09. The summed E-state index contributed by atoms with van der Waals surface area (Å²) in [7, 11) is 0. The first-order chi connectivity index (χ1) is 10.5. The molecule has 1 aromatic carbocycles. The number of carbonyl (C=O) groups is 1. The van der Waals surface area contributed by atoms with Gasteiger partial charge in [-0.15, -0.1) is 24.0 Å². The van der Waals surface area contributed by atoms with Crippen LogP contribution in [0.3, 0.4) is 0 Å². The van der Waals surface area contributed by atoms with Gasteiger partial charge in [0, 0.05) is 29.7 Å². The third-order valence-electron chi connectivity index (χ3n) is 3.88. The Morgan fingerprint density at radius 1 is 1.43 bits per heavy atom. The molecule has 23 heavy (non-hydrogen) atoms.